The van der Waals surface area contributed by atoms with Gasteiger partial charge in [0.15, 0.2) is 6.29 Å². The van der Waals surface area contributed by atoms with Crippen molar-refractivity contribution in [2.24, 2.45) is 5.92 Å². The monoisotopic (exact) mass is 340 g/mol. The fourth-order valence-electron chi connectivity index (χ4n) is 3.73. The van der Waals surface area contributed by atoms with Gasteiger partial charge in [-0.3, -0.25) is 9.59 Å². The molecule has 2 rings (SSSR count). The third-order valence-electron chi connectivity index (χ3n) is 5.14. The molecule has 4 heteroatoms. The Morgan fingerprint density at radius 2 is 1.76 bits per heavy atom. The number of aromatic nitrogens is 2. The van der Waals surface area contributed by atoms with Gasteiger partial charge in [0.25, 0.3) is 0 Å². The quantitative estimate of drug-likeness (QED) is 0.535. The van der Waals surface area contributed by atoms with E-state index >= 15 is 0 Å². The van der Waals surface area contributed by atoms with Gasteiger partial charge in [-0.05, 0) is 44.2 Å². The number of carbonyl (C=O) groups excluding carboxylic acids is 2. The van der Waals surface area contributed by atoms with Gasteiger partial charge in [-0.2, -0.15) is 0 Å². The molecule has 0 spiro atoms. The summed E-state index contributed by atoms with van der Waals surface area (Å²) in [4.78, 5) is 29.2. The van der Waals surface area contributed by atoms with E-state index in [-0.39, 0.29) is 17.5 Å². The number of aryl methyl sites for hydroxylation is 3. The normalized spacial score (nSPS) is 13.5. The van der Waals surface area contributed by atoms with Crippen LogP contribution in [0.2, 0.25) is 0 Å². The number of hydrogen-bond donors (Lipinski definition) is 0. The summed E-state index contributed by atoms with van der Waals surface area (Å²) in [5.74, 6) is 0.235. The molecular formula is C21H28N2O2. The third-order valence-corrected chi connectivity index (χ3v) is 5.14. The average Bonchev–Trinajstić information content (AvgIpc) is 2.97. The van der Waals surface area contributed by atoms with Crippen LogP contribution >= 0.6 is 0 Å². The molecule has 2 aromatic rings. The second-order valence-electron chi connectivity index (χ2n) is 6.97. The zero-order valence-electron chi connectivity index (χ0n) is 16.1. The Balaban J connectivity index is 2.55. The molecule has 1 aromatic carbocycles. The highest BCUT2D eigenvalue weighted by Gasteiger charge is 2.26. The molecule has 4 nitrogen and oxygen atoms in total. The molecule has 0 bridgehead atoms. The Morgan fingerprint density at radius 3 is 2.24 bits per heavy atom. The minimum atomic E-state index is -0.171. The number of carbonyl (C=O) groups is 2. The maximum Gasteiger partial charge on any atom is 0.214 e. The van der Waals surface area contributed by atoms with Gasteiger partial charge in [-0.25, -0.2) is 4.98 Å². The maximum absolute atomic E-state index is 13.1. The number of rotatable bonds is 7. The molecule has 0 saturated heterocycles. The van der Waals surface area contributed by atoms with Crippen molar-refractivity contribution < 1.29 is 9.59 Å². The van der Waals surface area contributed by atoms with Gasteiger partial charge in [0.1, 0.15) is 11.4 Å². The van der Waals surface area contributed by atoms with Crippen molar-refractivity contribution in [3.05, 3.63) is 52.1 Å². The fourth-order valence-corrected chi connectivity index (χ4v) is 3.73. The fraction of sp³-hybridized carbons (Fsp3) is 0.476. The molecular weight excluding hydrogens is 312 g/mol. The van der Waals surface area contributed by atoms with Gasteiger partial charge >= 0.3 is 0 Å². The van der Waals surface area contributed by atoms with Crippen LogP contribution in [-0.4, -0.2) is 21.6 Å². The van der Waals surface area contributed by atoms with Crippen LogP contribution in [0.15, 0.2) is 18.5 Å². The molecule has 0 aliphatic heterocycles. The molecule has 2 unspecified atom stereocenters. The summed E-state index contributed by atoms with van der Waals surface area (Å²) >= 11 is 0. The first-order valence-corrected chi connectivity index (χ1v) is 9.00. The second kappa shape index (κ2) is 7.77. The minimum absolute atomic E-state index is 0.166. The first kappa shape index (κ1) is 19.1. The average molecular weight is 340 g/mol. The van der Waals surface area contributed by atoms with Gasteiger partial charge in [0.05, 0.1) is 6.33 Å². The van der Waals surface area contributed by atoms with Gasteiger partial charge in [-0.15, -0.1) is 0 Å². The zero-order chi connectivity index (χ0) is 18.7. The molecule has 134 valence electrons. The summed E-state index contributed by atoms with van der Waals surface area (Å²) in [5.41, 5.74) is 4.25. The van der Waals surface area contributed by atoms with E-state index in [9.17, 15) is 9.59 Å². The van der Waals surface area contributed by atoms with Crippen LogP contribution < -0.4 is 0 Å². The molecule has 0 fully saturated rings. The maximum atomic E-state index is 13.1. The summed E-state index contributed by atoms with van der Waals surface area (Å²) < 4.78 is 1.88. The van der Waals surface area contributed by atoms with Crippen LogP contribution in [0.4, 0.5) is 0 Å². The third kappa shape index (κ3) is 3.58. The predicted octanol–water partition coefficient (Wildman–Crippen LogP) is 4.85. The molecule has 0 saturated carbocycles. The second-order valence-corrected chi connectivity index (χ2v) is 6.97. The van der Waals surface area contributed by atoms with Crippen molar-refractivity contribution in [3.8, 4) is 0 Å². The van der Waals surface area contributed by atoms with Crippen molar-refractivity contribution >= 4 is 12.1 Å². The lowest BCUT2D eigenvalue weighted by molar-refractivity contribution is 0.102. The summed E-state index contributed by atoms with van der Waals surface area (Å²) in [5, 5.41) is 0. The Morgan fingerprint density at radius 1 is 1.16 bits per heavy atom. The number of benzene rings is 1. The van der Waals surface area contributed by atoms with Crippen molar-refractivity contribution in [2.45, 2.75) is 60.4 Å². The molecule has 1 heterocycles. The molecule has 0 aliphatic rings. The van der Waals surface area contributed by atoms with Crippen molar-refractivity contribution in [1.82, 2.24) is 9.55 Å². The Kier molecular flexibility index (Phi) is 5.93. The summed E-state index contributed by atoms with van der Waals surface area (Å²) in [7, 11) is 0. The van der Waals surface area contributed by atoms with Gasteiger partial charge in [0, 0.05) is 11.6 Å². The van der Waals surface area contributed by atoms with Gasteiger partial charge < -0.3 is 4.57 Å². The number of ketones is 1. The zero-order valence-corrected chi connectivity index (χ0v) is 16.1. The van der Waals surface area contributed by atoms with Crippen LogP contribution in [0.3, 0.4) is 0 Å². The van der Waals surface area contributed by atoms with E-state index in [1.54, 1.807) is 6.33 Å². The Bertz CT molecular complexity index is 766. The summed E-state index contributed by atoms with van der Waals surface area (Å²) in [6, 6.07) is 4.15. The first-order chi connectivity index (χ1) is 11.8. The van der Waals surface area contributed by atoms with E-state index in [1.165, 1.54) is 0 Å². The highest BCUT2D eigenvalue weighted by molar-refractivity contribution is 6.12. The lowest BCUT2D eigenvalue weighted by Crippen LogP contribution is -2.19. The van der Waals surface area contributed by atoms with Crippen molar-refractivity contribution in [3.63, 3.8) is 0 Å². The topological polar surface area (TPSA) is 52.0 Å². The molecule has 0 N–H and O–H groups in total. The van der Waals surface area contributed by atoms with Gasteiger partial charge in [0.2, 0.25) is 5.78 Å². The summed E-state index contributed by atoms with van der Waals surface area (Å²) in [6.07, 6.45) is 4.32. The Hall–Kier alpha value is -2.23. The van der Waals surface area contributed by atoms with E-state index < -0.39 is 0 Å². The van der Waals surface area contributed by atoms with Crippen LogP contribution in [0, 0.1) is 26.7 Å². The van der Waals surface area contributed by atoms with E-state index in [2.05, 4.69) is 25.8 Å². The molecule has 1 aromatic heterocycles. The smallest absolute Gasteiger partial charge is 0.214 e. The molecule has 0 aliphatic carbocycles. The van der Waals surface area contributed by atoms with E-state index in [0.29, 0.717) is 17.2 Å². The van der Waals surface area contributed by atoms with E-state index in [0.717, 1.165) is 35.8 Å². The van der Waals surface area contributed by atoms with Crippen LogP contribution in [-0.2, 0) is 0 Å². The Labute approximate surface area is 150 Å². The van der Waals surface area contributed by atoms with E-state index in [4.69, 9.17) is 0 Å². The minimum Gasteiger partial charge on any atom is -0.324 e. The number of imidazole rings is 1. The summed E-state index contributed by atoms with van der Waals surface area (Å²) in [6.45, 7) is 12.3. The van der Waals surface area contributed by atoms with Crippen molar-refractivity contribution in [2.75, 3.05) is 0 Å². The predicted molar refractivity (Wildman–Crippen MR) is 100 cm³/mol. The molecule has 2 atom stereocenters. The van der Waals surface area contributed by atoms with Crippen LogP contribution in [0.25, 0.3) is 0 Å². The molecule has 0 radical (unpaired) electrons. The van der Waals surface area contributed by atoms with E-state index in [1.807, 2.05) is 37.5 Å². The van der Waals surface area contributed by atoms with Gasteiger partial charge in [-0.1, -0.05) is 44.9 Å². The number of aldehydes is 1. The molecule has 0 amide bonds. The highest BCUT2D eigenvalue weighted by atomic mass is 16.1. The van der Waals surface area contributed by atoms with Crippen LogP contribution in [0.5, 0.6) is 0 Å². The van der Waals surface area contributed by atoms with Crippen molar-refractivity contribution in [1.29, 1.82) is 0 Å². The SMILES string of the molecule is CCC(C)C(CC)n1cnc(C(=O)c2c(C)cc(C)cc2C)c1C=O. The lowest BCUT2D eigenvalue weighted by atomic mass is 9.94. The number of nitrogens with zero attached hydrogens (tertiary/aromatic N) is 2. The number of hydrogen-bond acceptors (Lipinski definition) is 3. The first-order valence-electron chi connectivity index (χ1n) is 9.00. The molecule has 25 heavy (non-hydrogen) atoms. The lowest BCUT2D eigenvalue weighted by Gasteiger charge is -2.24. The van der Waals surface area contributed by atoms with Crippen LogP contribution in [0.1, 0.15) is 82.9 Å². The standard InChI is InChI=1S/C21H28N2O2/c1-7-14(4)17(8-2)23-12-22-20(18(23)11-24)21(25)19-15(5)9-13(3)10-16(19)6/h9-12,14,17H,7-8H2,1-6H3. The highest BCUT2D eigenvalue weighted by Crippen LogP contribution is 2.28. The largest absolute Gasteiger partial charge is 0.324 e.